The van der Waals surface area contributed by atoms with Gasteiger partial charge in [0.1, 0.15) is 0 Å². The van der Waals surface area contributed by atoms with Crippen molar-refractivity contribution in [3.05, 3.63) is 0 Å². The molecule has 2 aliphatic rings. The monoisotopic (exact) mass is 211 g/mol. The molecule has 4 heteroatoms. The molecule has 2 unspecified atom stereocenters. The minimum Gasteiger partial charge on any atom is -0.370 e. The lowest BCUT2D eigenvalue weighted by Gasteiger charge is -2.19. The average molecular weight is 211 g/mol. The van der Waals surface area contributed by atoms with Gasteiger partial charge in [-0.3, -0.25) is 9.69 Å². The maximum absolute atomic E-state index is 10.7. The zero-order valence-electron chi connectivity index (χ0n) is 9.41. The maximum Gasteiger partial charge on any atom is 0.218 e. The van der Waals surface area contributed by atoms with Crippen LogP contribution in [0, 0.1) is 0 Å². The summed E-state index contributed by atoms with van der Waals surface area (Å²) in [6.07, 6.45) is 4.41. The van der Waals surface area contributed by atoms with Crippen LogP contribution in [-0.2, 0) is 4.79 Å². The molecule has 0 spiro atoms. The van der Waals surface area contributed by atoms with E-state index in [1.165, 1.54) is 25.8 Å². The number of likely N-dealkylation sites (tertiary alicyclic amines) is 1. The van der Waals surface area contributed by atoms with Crippen LogP contribution in [-0.4, -0.2) is 42.0 Å². The van der Waals surface area contributed by atoms with Crippen molar-refractivity contribution >= 4 is 5.91 Å². The predicted octanol–water partition coefficient (Wildman–Crippen LogP) is 0.0766. The van der Waals surface area contributed by atoms with E-state index >= 15 is 0 Å². The normalized spacial score (nSPS) is 29.3. The molecule has 0 aromatic carbocycles. The van der Waals surface area contributed by atoms with E-state index in [0.717, 1.165) is 12.6 Å². The Balaban J connectivity index is 1.69. The molecule has 86 valence electrons. The number of amides is 1. The Morgan fingerprint density at radius 2 is 2.27 bits per heavy atom. The van der Waals surface area contributed by atoms with Crippen molar-refractivity contribution in [3.8, 4) is 0 Å². The van der Waals surface area contributed by atoms with Gasteiger partial charge in [0.25, 0.3) is 0 Å². The van der Waals surface area contributed by atoms with Crippen LogP contribution in [0.1, 0.15) is 32.6 Å². The molecule has 4 nitrogen and oxygen atoms in total. The first-order valence-corrected chi connectivity index (χ1v) is 5.93. The fraction of sp³-hybridized carbons (Fsp3) is 0.909. The van der Waals surface area contributed by atoms with Crippen LogP contribution in [0.3, 0.4) is 0 Å². The van der Waals surface area contributed by atoms with Crippen LogP contribution >= 0.6 is 0 Å². The fourth-order valence-corrected chi connectivity index (χ4v) is 2.46. The summed E-state index contributed by atoms with van der Waals surface area (Å²) in [5.74, 6) is -0.216. The van der Waals surface area contributed by atoms with E-state index in [1.807, 2.05) is 6.92 Å². The van der Waals surface area contributed by atoms with Crippen LogP contribution in [0.5, 0.6) is 0 Å². The summed E-state index contributed by atoms with van der Waals surface area (Å²) in [6.45, 7) is 4.39. The van der Waals surface area contributed by atoms with Crippen LogP contribution in [0.2, 0.25) is 0 Å². The summed E-state index contributed by atoms with van der Waals surface area (Å²) in [5, 5.41) is 3.48. The summed E-state index contributed by atoms with van der Waals surface area (Å²) >= 11 is 0. The lowest BCUT2D eigenvalue weighted by molar-refractivity contribution is -0.118. The predicted molar refractivity (Wildman–Crippen MR) is 59.4 cm³/mol. The molecule has 0 aromatic rings. The molecule has 1 saturated heterocycles. The number of carbonyl (C=O) groups excluding carboxylic acids is 1. The van der Waals surface area contributed by atoms with Crippen LogP contribution < -0.4 is 11.1 Å². The first-order chi connectivity index (χ1) is 7.15. The number of hydrogen-bond acceptors (Lipinski definition) is 3. The van der Waals surface area contributed by atoms with Crippen LogP contribution in [0.15, 0.2) is 0 Å². The van der Waals surface area contributed by atoms with Gasteiger partial charge < -0.3 is 11.1 Å². The lowest BCUT2D eigenvalue weighted by atomic mass is 10.2. The van der Waals surface area contributed by atoms with E-state index in [0.29, 0.717) is 12.5 Å². The Morgan fingerprint density at radius 1 is 1.53 bits per heavy atom. The van der Waals surface area contributed by atoms with Gasteiger partial charge >= 0.3 is 0 Å². The number of primary amides is 1. The Hall–Kier alpha value is -0.610. The van der Waals surface area contributed by atoms with Crippen molar-refractivity contribution < 1.29 is 4.79 Å². The minimum absolute atomic E-state index is 0.214. The van der Waals surface area contributed by atoms with Gasteiger partial charge in [-0.2, -0.15) is 0 Å². The van der Waals surface area contributed by atoms with Crippen molar-refractivity contribution in [1.82, 2.24) is 10.2 Å². The molecule has 2 atom stereocenters. The van der Waals surface area contributed by atoms with Gasteiger partial charge in [-0.05, 0) is 26.2 Å². The highest BCUT2D eigenvalue weighted by Crippen LogP contribution is 2.29. The molecule has 1 aliphatic carbocycles. The van der Waals surface area contributed by atoms with E-state index in [4.69, 9.17) is 5.73 Å². The summed E-state index contributed by atoms with van der Waals surface area (Å²) in [6, 6.07) is 1.63. The second kappa shape index (κ2) is 4.49. The largest absolute Gasteiger partial charge is 0.370 e. The quantitative estimate of drug-likeness (QED) is 0.677. The molecule has 1 aliphatic heterocycles. The summed E-state index contributed by atoms with van der Waals surface area (Å²) in [7, 11) is 0. The Kier molecular flexibility index (Phi) is 3.26. The number of rotatable bonds is 5. The van der Waals surface area contributed by atoms with E-state index in [2.05, 4.69) is 10.2 Å². The van der Waals surface area contributed by atoms with Gasteiger partial charge in [-0.1, -0.05) is 0 Å². The molecule has 0 radical (unpaired) electrons. The van der Waals surface area contributed by atoms with E-state index in [-0.39, 0.29) is 11.9 Å². The lowest BCUT2D eigenvalue weighted by Crippen LogP contribution is -2.40. The first-order valence-electron chi connectivity index (χ1n) is 5.93. The molecule has 3 N–H and O–H groups in total. The second-order valence-electron chi connectivity index (χ2n) is 4.95. The maximum atomic E-state index is 10.7. The molecule has 2 rings (SSSR count). The Bertz CT molecular complexity index is 240. The molecule has 1 heterocycles. The van der Waals surface area contributed by atoms with Crippen molar-refractivity contribution in [3.63, 3.8) is 0 Å². The Morgan fingerprint density at radius 3 is 2.87 bits per heavy atom. The number of carbonyl (C=O) groups is 1. The smallest absolute Gasteiger partial charge is 0.218 e. The third-order valence-electron chi connectivity index (χ3n) is 3.31. The molecular weight excluding hydrogens is 190 g/mol. The highest BCUT2D eigenvalue weighted by atomic mass is 16.1. The highest BCUT2D eigenvalue weighted by Gasteiger charge is 2.34. The zero-order chi connectivity index (χ0) is 10.8. The fourth-order valence-electron chi connectivity index (χ4n) is 2.46. The van der Waals surface area contributed by atoms with Crippen LogP contribution in [0.4, 0.5) is 0 Å². The Labute approximate surface area is 91.2 Å². The molecule has 0 aromatic heterocycles. The van der Waals surface area contributed by atoms with Crippen LogP contribution in [0.25, 0.3) is 0 Å². The molecule has 1 saturated carbocycles. The van der Waals surface area contributed by atoms with E-state index < -0.39 is 0 Å². The van der Waals surface area contributed by atoms with Gasteiger partial charge in [0.15, 0.2) is 0 Å². The summed E-state index contributed by atoms with van der Waals surface area (Å²) in [5.41, 5.74) is 5.16. The van der Waals surface area contributed by atoms with Gasteiger partial charge in [0.2, 0.25) is 5.91 Å². The topological polar surface area (TPSA) is 58.4 Å². The minimum atomic E-state index is -0.216. The summed E-state index contributed by atoms with van der Waals surface area (Å²) < 4.78 is 0. The van der Waals surface area contributed by atoms with Crippen molar-refractivity contribution in [2.45, 2.75) is 50.7 Å². The molecular formula is C11H21N3O. The second-order valence-corrected chi connectivity index (χ2v) is 4.95. The summed E-state index contributed by atoms with van der Waals surface area (Å²) in [4.78, 5) is 13.3. The number of hydrogen-bond donors (Lipinski definition) is 2. The average Bonchev–Trinajstić information content (AvgIpc) is 2.87. The van der Waals surface area contributed by atoms with Crippen molar-refractivity contribution in [2.75, 3.05) is 13.1 Å². The molecule has 1 amide bonds. The van der Waals surface area contributed by atoms with E-state index in [9.17, 15) is 4.79 Å². The van der Waals surface area contributed by atoms with Crippen molar-refractivity contribution in [1.29, 1.82) is 0 Å². The van der Waals surface area contributed by atoms with Gasteiger partial charge in [-0.25, -0.2) is 0 Å². The van der Waals surface area contributed by atoms with Gasteiger partial charge in [0.05, 0.1) is 0 Å². The highest BCUT2D eigenvalue weighted by molar-refractivity contribution is 5.74. The van der Waals surface area contributed by atoms with Gasteiger partial charge in [-0.15, -0.1) is 0 Å². The number of nitrogens with one attached hydrogen (secondary N) is 1. The van der Waals surface area contributed by atoms with Crippen molar-refractivity contribution in [2.24, 2.45) is 5.73 Å². The molecule has 0 bridgehead atoms. The third-order valence-corrected chi connectivity index (χ3v) is 3.31. The standard InChI is InChI=1S/C11H21N3O/c1-8(6-11(12)15)13-9-4-5-14(7-9)10-2-3-10/h8-10,13H,2-7H2,1H3,(H2,12,15). The first kappa shape index (κ1) is 10.9. The van der Waals surface area contributed by atoms with E-state index in [1.54, 1.807) is 0 Å². The third kappa shape index (κ3) is 3.18. The van der Waals surface area contributed by atoms with Gasteiger partial charge in [0, 0.05) is 37.6 Å². The number of nitrogens with two attached hydrogens (primary N) is 1. The molecule has 15 heavy (non-hydrogen) atoms. The molecule has 2 fully saturated rings. The number of nitrogens with zero attached hydrogens (tertiary/aromatic N) is 1. The zero-order valence-corrected chi connectivity index (χ0v) is 9.41. The SMILES string of the molecule is CC(CC(N)=O)NC1CCN(C2CC2)C1.